The summed E-state index contributed by atoms with van der Waals surface area (Å²) < 4.78 is 8.99. The molecule has 2 aromatic heterocycles. The van der Waals surface area contributed by atoms with Crippen LogP contribution in [0.15, 0.2) is 9.59 Å². The second-order valence-corrected chi connectivity index (χ2v) is 9.59. The van der Waals surface area contributed by atoms with Crippen molar-refractivity contribution < 1.29 is 14.6 Å². The maximum absolute atomic E-state index is 13.1. The second kappa shape index (κ2) is 8.50. The molecule has 0 amide bonds. The topological polar surface area (TPSA) is 119 Å². The Morgan fingerprint density at radius 2 is 1.75 bits per heavy atom. The molecule has 3 aliphatic rings. The van der Waals surface area contributed by atoms with Crippen LogP contribution in [0.3, 0.4) is 0 Å². The molecule has 3 saturated carbocycles. The summed E-state index contributed by atoms with van der Waals surface area (Å²) in [4.78, 5) is 45.6. The molecule has 0 aliphatic heterocycles. The predicted molar refractivity (Wildman–Crippen MR) is 120 cm³/mol. The number of fused-ring (bicyclic) bond motifs is 5. The number of rotatable bonds is 8. The molecule has 0 spiro atoms. The van der Waals surface area contributed by atoms with Crippen molar-refractivity contribution in [3.8, 4) is 0 Å². The van der Waals surface area contributed by atoms with Gasteiger partial charge >= 0.3 is 11.7 Å². The van der Waals surface area contributed by atoms with Crippen molar-refractivity contribution in [2.45, 2.75) is 109 Å². The Kier molecular flexibility index (Phi) is 6.04. The van der Waals surface area contributed by atoms with E-state index in [0.29, 0.717) is 30.7 Å². The number of nitrogens with zero attached hydrogens (tertiary/aromatic N) is 3. The fraction of sp³-hybridized carbons (Fsp3) is 0.739. The molecular weight excluding hydrogens is 412 g/mol. The van der Waals surface area contributed by atoms with Crippen LogP contribution in [0.25, 0.3) is 11.2 Å². The van der Waals surface area contributed by atoms with E-state index in [0.717, 1.165) is 57.2 Å². The minimum atomic E-state index is -0.935. The van der Waals surface area contributed by atoms with Gasteiger partial charge in [0.2, 0.25) is 0 Å². The van der Waals surface area contributed by atoms with E-state index in [-0.39, 0.29) is 16.7 Å². The molecule has 2 heterocycles. The van der Waals surface area contributed by atoms with Gasteiger partial charge in [0.25, 0.3) is 5.56 Å². The lowest BCUT2D eigenvalue weighted by atomic mass is 9.69. The predicted octanol–water partition coefficient (Wildman–Crippen LogP) is 2.93. The van der Waals surface area contributed by atoms with E-state index >= 15 is 0 Å². The zero-order valence-corrected chi connectivity index (χ0v) is 19.3. The Bertz CT molecular complexity index is 1120. The van der Waals surface area contributed by atoms with E-state index in [4.69, 9.17) is 9.72 Å². The number of aryl methyl sites for hydroxylation is 1. The van der Waals surface area contributed by atoms with Crippen molar-refractivity contribution in [2.24, 2.45) is 0 Å². The molecule has 0 saturated heterocycles. The largest absolute Gasteiger partial charge is 0.479 e. The van der Waals surface area contributed by atoms with Crippen LogP contribution in [0.2, 0.25) is 0 Å². The Morgan fingerprint density at radius 1 is 1.09 bits per heavy atom. The van der Waals surface area contributed by atoms with Gasteiger partial charge < -0.3 is 14.8 Å². The number of H-pyrrole nitrogens is 1. The lowest BCUT2D eigenvalue weighted by molar-refractivity contribution is -0.167. The van der Waals surface area contributed by atoms with Gasteiger partial charge in [-0.25, -0.2) is 14.6 Å². The first kappa shape index (κ1) is 22.8. The maximum Gasteiger partial charge on any atom is 0.332 e. The maximum atomic E-state index is 13.1. The van der Waals surface area contributed by atoms with Crippen molar-refractivity contribution in [2.75, 3.05) is 0 Å². The lowest BCUT2D eigenvalue weighted by Gasteiger charge is -2.42. The van der Waals surface area contributed by atoms with E-state index in [2.05, 4.69) is 4.98 Å². The van der Waals surface area contributed by atoms with Crippen molar-refractivity contribution in [3.05, 3.63) is 26.7 Å². The Morgan fingerprint density at radius 3 is 2.38 bits per heavy atom. The third-order valence-electron chi connectivity index (χ3n) is 7.44. The SMILES string of the molecule is CCCn1c(=O)c2[nH]c(C34CCCC(OC(C)C(=O)O)(CC3)CC4)nc2n(CCC)c1=O. The van der Waals surface area contributed by atoms with E-state index in [1.807, 2.05) is 13.8 Å². The summed E-state index contributed by atoms with van der Waals surface area (Å²) in [5.74, 6) is -0.153. The van der Waals surface area contributed by atoms with Gasteiger partial charge in [0, 0.05) is 18.5 Å². The van der Waals surface area contributed by atoms with E-state index in [1.54, 1.807) is 11.5 Å². The molecule has 2 aromatic rings. The molecule has 2 N–H and O–H groups in total. The molecule has 32 heavy (non-hydrogen) atoms. The zero-order valence-electron chi connectivity index (χ0n) is 19.3. The normalized spacial score (nSPS) is 26.3. The monoisotopic (exact) mass is 446 g/mol. The number of imidazole rings is 1. The fourth-order valence-electron chi connectivity index (χ4n) is 5.65. The van der Waals surface area contributed by atoms with Gasteiger partial charge in [-0.15, -0.1) is 0 Å². The summed E-state index contributed by atoms with van der Waals surface area (Å²) in [6, 6.07) is 0. The highest BCUT2D eigenvalue weighted by molar-refractivity contribution is 5.72. The lowest BCUT2D eigenvalue weighted by Crippen LogP contribution is -2.43. The van der Waals surface area contributed by atoms with Crippen LogP contribution in [0.5, 0.6) is 0 Å². The number of carboxylic acids is 1. The zero-order chi connectivity index (χ0) is 23.1. The first-order chi connectivity index (χ1) is 15.3. The first-order valence-corrected chi connectivity index (χ1v) is 11.9. The molecule has 9 nitrogen and oxygen atoms in total. The molecule has 0 radical (unpaired) electrons. The van der Waals surface area contributed by atoms with Crippen molar-refractivity contribution in [3.63, 3.8) is 0 Å². The van der Waals surface area contributed by atoms with E-state index < -0.39 is 17.7 Å². The average molecular weight is 447 g/mol. The molecule has 9 heteroatoms. The number of carbonyl (C=O) groups is 1. The summed E-state index contributed by atoms with van der Waals surface area (Å²) in [5.41, 5.74) is -0.331. The van der Waals surface area contributed by atoms with Crippen molar-refractivity contribution in [1.29, 1.82) is 0 Å². The molecule has 5 rings (SSSR count). The second-order valence-electron chi connectivity index (χ2n) is 9.59. The summed E-state index contributed by atoms with van der Waals surface area (Å²) in [6.45, 7) is 6.45. The summed E-state index contributed by atoms with van der Waals surface area (Å²) in [6.07, 6.45) is 6.46. The number of hydrogen-bond donors (Lipinski definition) is 2. The number of ether oxygens (including phenoxy) is 1. The minimum absolute atomic E-state index is 0.204. The Balaban J connectivity index is 1.74. The van der Waals surface area contributed by atoms with E-state index in [9.17, 15) is 19.5 Å². The number of nitrogens with one attached hydrogen (secondary N) is 1. The van der Waals surface area contributed by atoms with Gasteiger partial charge in [0.15, 0.2) is 11.8 Å². The number of hydrogen-bond acceptors (Lipinski definition) is 5. The van der Waals surface area contributed by atoms with Gasteiger partial charge in [-0.2, -0.15) is 0 Å². The molecule has 3 fully saturated rings. The van der Waals surface area contributed by atoms with Crippen LogP contribution in [0, 0.1) is 0 Å². The highest BCUT2D eigenvalue weighted by Gasteiger charge is 2.49. The summed E-state index contributed by atoms with van der Waals surface area (Å²) >= 11 is 0. The molecule has 3 aliphatic carbocycles. The number of aliphatic carboxylic acids is 1. The van der Waals surface area contributed by atoms with Crippen LogP contribution >= 0.6 is 0 Å². The quantitative estimate of drug-likeness (QED) is 0.643. The van der Waals surface area contributed by atoms with Gasteiger partial charge in [0.1, 0.15) is 11.3 Å². The molecule has 1 atom stereocenters. The molecule has 176 valence electrons. The highest BCUT2D eigenvalue weighted by Crippen LogP contribution is 2.52. The van der Waals surface area contributed by atoms with Crippen LogP contribution < -0.4 is 11.2 Å². The van der Waals surface area contributed by atoms with Crippen LogP contribution in [0.1, 0.15) is 84.4 Å². The Hall–Kier alpha value is -2.42. The van der Waals surface area contributed by atoms with Gasteiger partial charge in [-0.1, -0.05) is 13.8 Å². The van der Waals surface area contributed by atoms with Gasteiger partial charge in [0.05, 0.1) is 5.60 Å². The van der Waals surface area contributed by atoms with Gasteiger partial charge in [-0.05, 0) is 64.7 Å². The summed E-state index contributed by atoms with van der Waals surface area (Å²) in [7, 11) is 0. The molecular formula is C23H34N4O5. The van der Waals surface area contributed by atoms with E-state index in [1.165, 1.54) is 4.57 Å². The third-order valence-corrected chi connectivity index (χ3v) is 7.44. The van der Waals surface area contributed by atoms with Crippen LogP contribution in [-0.4, -0.2) is 41.9 Å². The molecule has 1 unspecified atom stereocenters. The van der Waals surface area contributed by atoms with Crippen molar-refractivity contribution >= 4 is 17.1 Å². The average Bonchev–Trinajstić information content (AvgIpc) is 3.04. The van der Waals surface area contributed by atoms with Crippen LogP contribution in [-0.2, 0) is 28.0 Å². The minimum Gasteiger partial charge on any atom is -0.479 e. The highest BCUT2D eigenvalue weighted by atomic mass is 16.5. The number of aromatic amines is 1. The standard InChI is InChI=1S/C23H34N4O5/c1-4-13-26-17-16(18(28)27(14-5-2)21(26)31)24-20(25-17)22-7-6-8-23(11-9-22,12-10-22)32-15(3)19(29)30/h15H,4-14H2,1-3H3,(H,24,25)(H,29,30). The molecule has 0 aromatic carbocycles. The third kappa shape index (κ3) is 3.70. The smallest absolute Gasteiger partial charge is 0.332 e. The number of aromatic nitrogens is 4. The fourth-order valence-corrected chi connectivity index (χ4v) is 5.65. The van der Waals surface area contributed by atoms with Gasteiger partial charge in [-0.3, -0.25) is 13.9 Å². The van der Waals surface area contributed by atoms with Crippen molar-refractivity contribution in [1.82, 2.24) is 19.1 Å². The molecule has 2 bridgehead atoms. The Labute approximate surface area is 186 Å². The number of carboxylic acid groups (broad SMARTS) is 1. The summed E-state index contributed by atoms with van der Waals surface area (Å²) in [5, 5.41) is 9.29. The first-order valence-electron chi connectivity index (χ1n) is 11.9. The van der Waals surface area contributed by atoms with Crippen LogP contribution in [0.4, 0.5) is 0 Å².